The molecule has 0 aromatic carbocycles. The number of nitrogens with zero attached hydrogens (tertiary/aromatic N) is 1. The van der Waals surface area contributed by atoms with Gasteiger partial charge in [0.25, 0.3) is 5.91 Å². The van der Waals surface area contributed by atoms with Gasteiger partial charge in [-0.15, -0.1) is 0 Å². The van der Waals surface area contributed by atoms with Crippen LogP contribution in [0.3, 0.4) is 0 Å². The highest BCUT2D eigenvalue weighted by molar-refractivity contribution is 5.97. The van der Waals surface area contributed by atoms with Crippen molar-refractivity contribution in [2.45, 2.75) is 13.5 Å². The van der Waals surface area contributed by atoms with Gasteiger partial charge in [0.2, 0.25) is 0 Å². The van der Waals surface area contributed by atoms with Gasteiger partial charge in [0.15, 0.2) is 5.69 Å². The zero-order valence-corrected chi connectivity index (χ0v) is 8.78. The quantitative estimate of drug-likeness (QED) is 0.713. The Kier molecular flexibility index (Phi) is 2.63. The molecular weight excluding hydrogens is 208 g/mol. The van der Waals surface area contributed by atoms with Crippen LogP contribution in [-0.2, 0) is 6.54 Å². The van der Waals surface area contributed by atoms with Gasteiger partial charge in [-0.2, -0.15) is 5.10 Å². The molecule has 0 atom stereocenters. The first-order valence-corrected chi connectivity index (χ1v) is 4.78. The molecule has 0 unspecified atom stereocenters. The standard InChI is InChI=1S/C10H12N4O2/c1-6-8(11)9(14-13-6)10(15)12-4-7-2-3-16-5-7/h2-3,5H,4,11H2,1H3,(H,12,15)(H,13,14). The van der Waals surface area contributed by atoms with Gasteiger partial charge in [0.1, 0.15) is 0 Å². The summed E-state index contributed by atoms with van der Waals surface area (Å²) in [6.07, 6.45) is 3.12. The van der Waals surface area contributed by atoms with Gasteiger partial charge in [0, 0.05) is 12.1 Å². The maximum atomic E-state index is 11.7. The number of furan rings is 1. The Balaban J connectivity index is 2.01. The van der Waals surface area contributed by atoms with Gasteiger partial charge in [-0.3, -0.25) is 9.89 Å². The van der Waals surface area contributed by atoms with E-state index < -0.39 is 0 Å². The maximum absolute atomic E-state index is 11.7. The Labute approximate surface area is 91.8 Å². The largest absolute Gasteiger partial charge is 0.472 e. The van der Waals surface area contributed by atoms with E-state index in [0.29, 0.717) is 17.9 Å². The number of carbonyl (C=O) groups excluding carboxylic acids is 1. The lowest BCUT2D eigenvalue weighted by molar-refractivity contribution is 0.0946. The molecule has 0 fully saturated rings. The smallest absolute Gasteiger partial charge is 0.274 e. The van der Waals surface area contributed by atoms with Crippen LogP contribution >= 0.6 is 0 Å². The Morgan fingerprint density at radius 1 is 1.69 bits per heavy atom. The lowest BCUT2D eigenvalue weighted by Gasteiger charge is -2.01. The fourth-order valence-corrected chi connectivity index (χ4v) is 1.27. The van der Waals surface area contributed by atoms with Crippen molar-refractivity contribution in [2.75, 3.05) is 5.73 Å². The number of aryl methyl sites for hydroxylation is 1. The molecule has 6 heteroatoms. The van der Waals surface area contributed by atoms with Crippen LogP contribution in [-0.4, -0.2) is 16.1 Å². The van der Waals surface area contributed by atoms with Crippen LogP contribution in [0.5, 0.6) is 0 Å². The molecule has 6 nitrogen and oxygen atoms in total. The van der Waals surface area contributed by atoms with Crippen LogP contribution < -0.4 is 11.1 Å². The van der Waals surface area contributed by atoms with Crippen LogP contribution in [0.2, 0.25) is 0 Å². The molecule has 4 N–H and O–H groups in total. The fourth-order valence-electron chi connectivity index (χ4n) is 1.27. The highest BCUT2D eigenvalue weighted by atomic mass is 16.3. The number of aromatic nitrogens is 2. The molecule has 0 aliphatic rings. The SMILES string of the molecule is Cc1[nH]nc(C(=O)NCc2ccoc2)c1N. The van der Waals surface area contributed by atoms with Crippen molar-refractivity contribution in [3.63, 3.8) is 0 Å². The molecule has 0 saturated carbocycles. The number of anilines is 1. The van der Waals surface area contributed by atoms with Crippen LogP contribution in [0.15, 0.2) is 23.0 Å². The summed E-state index contributed by atoms with van der Waals surface area (Å²) in [6.45, 7) is 2.15. The second-order valence-electron chi connectivity index (χ2n) is 3.43. The summed E-state index contributed by atoms with van der Waals surface area (Å²) in [4.78, 5) is 11.7. The Morgan fingerprint density at radius 3 is 3.06 bits per heavy atom. The number of nitrogen functional groups attached to an aromatic ring is 1. The first-order chi connectivity index (χ1) is 7.68. The minimum atomic E-state index is -0.303. The summed E-state index contributed by atoms with van der Waals surface area (Å²) >= 11 is 0. The molecule has 2 rings (SSSR count). The van der Waals surface area contributed by atoms with Gasteiger partial charge < -0.3 is 15.5 Å². The summed E-state index contributed by atoms with van der Waals surface area (Å²) in [7, 11) is 0. The van der Waals surface area contributed by atoms with E-state index in [1.54, 1.807) is 25.5 Å². The summed E-state index contributed by atoms with van der Waals surface area (Å²) in [5.41, 5.74) is 7.86. The molecule has 2 heterocycles. The molecule has 0 saturated heterocycles. The van der Waals surface area contributed by atoms with Crippen molar-refractivity contribution in [1.82, 2.24) is 15.5 Å². The second kappa shape index (κ2) is 4.09. The Hall–Kier alpha value is -2.24. The van der Waals surface area contributed by atoms with E-state index in [9.17, 15) is 4.79 Å². The number of hydrogen-bond donors (Lipinski definition) is 3. The number of hydrogen-bond acceptors (Lipinski definition) is 4. The number of nitrogens with one attached hydrogen (secondary N) is 2. The molecule has 0 bridgehead atoms. The van der Waals surface area contributed by atoms with E-state index in [4.69, 9.17) is 10.2 Å². The predicted molar refractivity (Wildman–Crippen MR) is 57.6 cm³/mol. The van der Waals surface area contributed by atoms with Gasteiger partial charge >= 0.3 is 0 Å². The normalized spacial score (nSPS) is 10.3. The number of carbonyl (C=O) groups is 1. The number of rotatable bonds is 3. The molecule has 2 aromatic heterocycles. The summed E-state index contributed by atoms with van der Waals surface area (Å²) in [5, 5.41) is 9.18. The maximum Gasteiger partial charge on any atom is 0.274 e. The lowest BCUT2D eigenvalue weighted by atomic mass is 10.3. The molecule has 0 spiro atoms. The first kappa shape index (κ1) is 10.3. The highest BCUT2D eigenvalue weighted by Crippen LogP contribution is 2.12. The van der Waals surface area contributed by atoms with Crippen molar-refractivity contribution in [2.24, 2.45) is 0 Å². The fraction of sp³-hybridized carbons (Fsp3) is 0.200. The summed E-state index contributed by atoms with van der Waals surface area (Å²) in [5.74, 6) is -0.303. The molecule has 0 aliphatic heterocycles. The summed E-state index contributed by atoms with van der Waals surface area (Å²) in [6, 6.07) is 1.78. The van der Waals surface area contributed by atoms with Crippen LogP contribution in [0.4, 0.5) is 5.69 Å². The van der Waals surface area contributed by atoms with E-state index in [1.165, 1.54) is 0 Å². The van der Waals surface area contributed by atoms with Gasteiger partial charge in [-0.1, -0.05) is 0 Å². The monoisotopic (exact) mass is 220 g/mol. The molecular formula is C10H12N4O2. The van der Waals surface area contributed by atoms with E-state index in [-0.39, 0.29) is 11.6 Å². The predicted octanol–water partition coefficient (Wildman–Crippen LogP) is 0.823. The van der Waals surface area contributed by atoms with Gasteiger partial charge in [-0.25, -0.2) is 0 Å². The minimum absolute atomic E-state index is 0.223. The molecule has 2 aromatic rings. The van der Waals surface area contributed by atoms with E-state index in [0.717, 1.165) is 5.56 Å². The average molecular weight is 220 g/mol. The van der Waals surface area contributed by atoms with Crippen molar-refractivity contribution in [3.8, 4) is 0 Å². The average Bonchev–Trinajstić information content (AvgIpc) is 2.88. The first-order valence-electron chi connectivity index (χ1n) is 4.78. The molecule has 1 amide bonds. The molecule has 16 heavy (non-hydrogen) atoms. The third-order valence-electron chi connectivity index (χ3n) is 2.24. The highest BCUT2D eigenvalue weighted by Gasteiger charge is 2.14. The van der Waals surface area contributed by atoms with E-state index in [1.807, 2.05) is 0 Å². The van der Waals surface area contributed by atoms with Crippen LogP contribution in [0.25, 0.3) is 0 Å². The van der Waals surface area contributed by atoms with Crippen molar-refractivity contribution >= 4 is 11.6 Å². The zero-order chi connectivity index (χ0) is 11.5. The number of amides is 1. The summed E-state index contributed by atoms with van der Waals surface area (Å²) < 4.78 is 4.88. The lowest BCUT2D eigenvalue weighted by Crippen LogP contribution is -2.23. The Bertz CT molecular complexity index is 487. The molecule has 0 radical (unpaired) electrons. The van der Waals surface area contributed by atoms with Crippen LogP contribution in [0.1, 0.15) is 21.7 Å². The molecule has 0 aliphatic carbocycles. The second-order valence-corrected chi connectivity index (χ2v) is 3.43. The Morgan fingerprint density at radius 2 is 2.50 bits per heavy atom. The molecule has 84 valence electrons. The van der Waals surface area contributed by atoms with E-state index >= 15 is 0 Å². The minimum Gasteiger partial charge on any atom is -0.472 e. The number of H-pyrrole nitrogens is 1. The van der Waals surface area contributed by atoms with Gasteiger partial charge in [-0.05, 0) is 13.0 Å². The zero-order valence-electron chi connectivity index (χ0n) is 8.78. The van der Waals surface area contributed by atoms with Crippen molar-refractivity contribution in [3.05, 3.63) is 35.5 Å². The third-order valence-corrected chi connectivity index (χ3v) is 2.24. The number of aromatic amines is 1. The van der Waals surface area contributed by atoms with Gasteiger partial charge in [0.05, 0.1) is 23.9 Å². The van der Waals surface area contributed by atoms with Crippen LogP contribution in [0, 0.1) is 6.92 Å². The third kappa shape index (κ3) is 1.90. The van der Waals surface area contributed by atoms with Crippen molar-refractivity contribution in [1.29, 1.82) is 0 Å². The topological polar surface area (TPSA) is 96.9 Å². The van der Waals surface area contributed by atoms with E-state index in [2.05, 4.69) is 15.5 Å². The van der Waals surface area contributed by atoms with Crippen molar-refractivity contribution < 1.29 is 9.21 Å². The number of nitrogens with two attached hydrogens (primary N) is 1.